The smallest absolute Gasteiger partial charge is 0.266 e. The van der Waals surface area contributed by atoms with Crippen molar-refractivity contribution in [3.8, 4) is 6.07 Å². The van der Waals surface area contributed by atoms with Crippen LogP contribution < -0.4 is 5.32 Å². The van der Waals surface area contributed by atoms with Gasteiger partial charge in [-0.05, 0) is 36.4 Å². The minimum atomic E-state index is -0.623. The summed E-state index contributed by atoms with van der Waals surface area (Å²) in [5.74, 6) is -0.623. The van der Waals surface area contributed by atoms with Crippen LogP contribution in [0, 0.1) is 11.3 Å². The summed E-state index contributed by atoms with van der Waals surface area (Å²) in [6.07, 6.45) is 1.33. The molecule has 2 aromatic rings. The molecular weight excluding hydrogens is 378 g/mol. The Morgan fingerprint density at radius 3 is 2.13 bits per heavy atom. The molecule has 0 aliphatic heterocycles. The molecule has 0 fully saturated rings. The van der Waals surface area contributed by atoms with Crippen LogP contribution in [-0.2, 0) is 4.79 Å². The fourth-order valence-electron chi connectivity index (χ4n) is 1.77. The number of nitriles is 1. The van der Waals surface area contributed by atoms with Gasteiger partial charge in [-0.2, -0.15) is 5.26 Å². The van der Waals surface area contributed by atoms with Crippen LogP contribution in [-0.4, -0.2) is 5.91 Å². The standard InChI is InChI=1S/C16H8Cl4N2O/c17-10-5-11(18)7-12(6-10)22-16(23)9(8-21)4-13-14(19)2-1-3-15(13)20/h1-7H,(H,22,23)/b9-4+. The second-order valence-corrected chi connectivity index (χ2v) is 6.10. The molecule has 23 heavy (non-hydrogen) atoms. The van der Waals surface area contributed by atoms with Gasteiger partial charge in [-0.15, -0.1) is 0 Å². The highest BCUT2D eigenvalue weighted by molar-refractivity contribution is 6.37. The molecule has 0 atom stereocenters. The van der Waals surface area contributed by atoms with Gasteiger partial charge in [0.15, 0.2) is 0 Å². The van der Waals surface area contributed by atoms with Crippen LogP contribution in [0.4, 0.5) is 5.69 Å². The summed E-state index contributed by atoms with van der Waals surface area (Å²) in [6, 6.07) is 11.3. The first-order valence-electron chi connectivity index (χ1n) is 6.24. The summed E-state index contributed by atoms with van der Waals surface area (Å²) >= 11 is 23.8. The van der Waals surface area contributed by atoms with E-state index in [0.29, 0.717) is 31.3 Å². The second kappa shape index (κ2) is 7.72. The van der Waals surface area contributed by atoms with Crippen molar-refractivity contribution in [2.45, 2.75) is 0 Å². The molecule has 7 heteroatoms. The maximum atomic E-state index is 12.2. The molecule has 0 heterocycles. The monoisotopic (exact) mass is 384 g/mol. The van der Waals surface area contributed by atoms with Crippen molar-refractivity contribution >= 4 is 64.1 Å². The number of amides is 1. The molecule has 3 nitrogen and oxygen atoms in total. The summed E-state index contributed by atoms with van der Waals surface area (Å²) in [4.78, 5) is 12.2. The van der Waals surface area contributed by atoms with E-state index in [1.807, 2.05) is 6.07 Å². The Morgan fingerprint density at radius 2 is 1.61 bits per heavy atom. The van der Waals surface area contributed by atoms with Crippen LogP contribution in [0.2, 0.25) is 20.1 Å². The number of hydrogen-bond donors (Lipinski definition) is 1. The lowest BCUT2D eigenvalue weighted by Gasteiger charge is -2.06. The average Bonchev–Trinajstić information content (AvgIpc) is 2.45. The van der Waals surface area contributed by atoms with Crippen LogP contribution in [0.25, 0.3) is 6.08 Å². The van der Waals surface area contributed by atoms with Crippen molar-refractivity contribution in [1.82, 2.24) is 0 Å². The van der Waals surface area contributed by atoms with E-state index < -0.39 is 5.91 Å². The summed E-state index contributed by atoms with van der Waals surface area (Å²) in [5.41, 5.74) is 0.613. The van der Waals surface area contributed by atoms with Crippen molar-refractivity contribution in [2.75, 3.05) is 5.32 Å². The molecule has 0 saturated carbocycles. The molecule has 1 N–H and O–H groups in total. The third kappa shape index (κ3) is 4.63. The van der Waals surface area contributed by atoms with E-state index in [2.05, 4.69) is 5.32 Å². The van der Waals surface area contributed by atoms with Crippen LogP contribution in [0.15, 0.2) is 42.0 Å². The normalized spacial score (nSPS) is 11.0. The minimum Gasteiger partial charge on any atom is -0.321 e. The SMILES string of the molecule is N#C/C(=C\c1c(Cl)cccc1Cl)C(=O)Nc1cc(Cl)cc(Cl)c1. The summed E-state index contributed by atoms with van der Waals surface area (Å²) in [7, 11) is 0. The van der Waals surface area contributed by atoms with Crippen molar-refractivity contribution < 1.29 is 4.79 Å². The topological polar surface area (TPSA) is 52.9 Å². The molecule has 0 unspecified atom stereocenters. The largest absolute Gasteiger partial charge is 0.321 e. The number of rotatable bonds is 3. The number of nitrogens with one attached hydrogen (secondary N) is 1. The van der Waals surface area contributed by atoms with Gasteiger partial charge in [-0.1, -0.05) is 52.5 Å². The molecule has 0 aliphatic carbocycles. The van der Waals surface area contributed by atoms with Crippen LogP contribution in [0.5, 0.6) is 0 Å². The fraction of sp³-hybridized carbons (Fsp3) is 0. The van der Waals surface area contributed by atoms with Crippen molar-refractivity contribution in [2.24, 2.45) is 0 Å². The van der Waals surface area contributed by atoms with E-state index in [-0.39, 0.29) is 5.57 Å². The van der Waals surface area contributed by atoms with Gasteiger partial charge in [0.25, 0.3) is 5.91 Å². The van der Waals surface area contributed by atoms with Gasteiger partial charge >= 0.3 is 0 Å². The summed E-state index contributed by atoms with van der Waals surface area (Å²) in [6.45, 7) is 0. The molecule has 0 bridgehead atoms. The van der Waals surface area contributed by atoms with E-state index in [4.69, 9.17) is 46.4 Å². The summed E-state index contributed by atoms with van der Waals surface area (Å²) in [5, 5.41) is 13.2. The lowest BCUT2D eigenvalue weighted by molar-refractivity contribution is -0.112. The van der Waals surface area contributed by atoms with E-state index >= 15 is 0 Å². The third-order valence-electron chi connectivity index (χ3n) is 2.77. The molecule has 2 aromatic carbocycles. The van der Waals surface area contributed by atoms with Crippen molar-refractivity contribution in [3.63, 3.8) is 0 Å². The zero-order chi connectivity index (χ0) is 17.0. The summed E-state index contributed by atoms with van der Waals surface area (Å²) < 4.78 is 0. The van der Waals surface area contributed by atoms with Crippen LogP contribution >= 0.6 is 46.4 Å². The molecule has 0 aromatic heterocycles. The Morgan fingerprint density at radius 1 is 1.04 bits per heavy atom. The van der Waals surface area contributed by atoms with Gasteiger partial charge in [0.05, 0.1) is 0 Å². The van der Waals surface area contributed by atoms with Gasteiger partial charge < -0.3 is 5.32 Å². The first kappa shape index (κ1) is 17.7. The Labute approximate surface area is 153 Å². The number of anilines is 1. The second-order valence-electron chi connectivity index (χ2n) is 4.42. The lowest BCUT2D eigenvalue weighted by atomic mass is 10.1. The minimum absolute atomic E-state index is 0.156. The Bertz CT molecular complexity index is 800. The fourth-order valence-corrected chi connectivity index (χ4v) is 2.80. The van der Waals surface area contributed by atoms with E-state index in [0.717, 1.165) is 0 Å². The van der Waals surface area contributed by atoms with Crippen LogP contribution in [0.1, 0.15) is 5.56 Å². The number of halogens is 4. The number of carbonyl (C=O) groups excluding carboxylic acids is 1. The zero-order valence-electron chi connectivity index (χ0n) is 11.4. The molecule has 0 radical (unpaired) electrons. The van der Waals surface area contributed by atoms with Crippen molar-refractivity contribution in [3.05, 3.63) is 67.6 Å². The first-order valence-corrected chi connectivity index (χ1v) is 7.75. The Kier molecular flexibility index (Phi) is 5.92. The highest BCUT2D eigenvalue weighted by Gasteiger charge is 2.12. The Hall–Kier alpha value is -1.70. The van der Waals surface area contributed by atoms with Gasteiger partial charge in [-0.3, -0.25) is 4.79 Å². The highest BCUT2D eigenvalue weighted by Crippen LogP contribution is 2.27. The van der Waals surface area contributed by atoms with E-state index in [9.17, 15) is 10.1 Å². The number of benzene rings is 2. The molecule has 0 aliphatic rings. The molecule has 2 rings (SSSR count). The van der Waals surface area contributed by atoms with E-state index in [1.54, 1.807) is 18.2 Å². The predicted molar refractivity (Wildman–Crippen MR) is 95.1 cm³/mol. The highest BCUT2D eigenvalue weighted by atomic mass is 35.5. The maximum Gasteiger partial charge on any atom is 0.266 e. The van der Waals surface area contributed by atoms with Gasteiger partial charge in [0.1, 0.15) is 11.6 Å². The quantitative estimate of drug-likeness (QED) is 0.532. The van der Waals surface area contributed by atoms with Gasteiger partial charge in [0, 0.05) is 31.3 Å². The molecule has 0 spiro atoms. The maximum absolute atomic E-state index is 12.2. The van der Waals surface area contributed by atoms with Gasteiger partial charge in [-0.25, -0.2) is 0 Å². The molecule has 116 valence electrons. The van der Waals surface area contributed by atoms with Crippen molar-refractivity contribution in [1.29, 1.82) is 5.26 Å². The third-order valence-corrected chi connectivity index (χ3v) is 3.87. The molecule has 0 saturated heterocycles. The molecule has 1 amide bonds. The average molecular weight is 386 g/mol. The zero-order valence-corrected chi connectivity index (χ0v) is 14.4. The van der Waals surface area contributed by atoms with Gasteiger partial charge in [0.2, 0.25) is 0 Å². The Balaban J connectivity index is 2.32. The van der Waals surface area contributed by atoms with E-state index in [1.165, 1.54) is 24.3 Å². The molecular formula is C16H8Cl4N2O. The number of nitrogens with zero attached hydrogens (tertiary/aromatic N) is 1. The predicted octanol–water partition coefficient (Wildman–Crippen LogP) is 5.85. The first-order chi connectivity index (χ1) is 10.9. The number of hydrogen-bond acceptors (Lipinski definition) is 2. The lowest BCUT2D eigenvalue weighted by Crippen LogP contribution is -2.13. The van der Waals surface area contributed by atoms with Crippen LogP contribution in [0.3, 0.4) is 0 Å². The number of carbonyl (C=O) groups is 1.